The van der Waals surface area contributed by atoms with E-state index in [1.807, 2.05) is 91.0 Å². The van der Waals surface area contributed by atoms with Crippen molar-refractivity contribution in [2.24, 2.45) is 5.10 Å². The highest BCUT2D eigenvalue weighted by Crippen LogP contribution is 2.28. The van der Waals surface area contributed by atoms with Crippen LogP contribution in [0.25, 0.3) is 11.1 Å². The average Bonchev–Trinajstić information content (AvgIpc) is 2.95. The van der Waals surface area contributed by atoms with Gasteiger partial charge in [0.15, 0.2) is 17.6 Å². The van der Waals surface area contributed by atoms with E-state index in [1.165, 1.54) is 5.56 Å². The van der Waals surface area contributed by atoms with Gasteiger partial charge in [-0.3, -0.25) is 4.79 Å². The molecule has 4 aromatic carbocycles. The summed E-state index contributed by atoms with van der Waals surface area (Å²) >= 11 is 0. The van der Waals surface area contributed by atoms with E-state index in [-0.39, 0.29) is 5.91 Å². The maximum absolute atomic E-state index is 12.4. The molecule has 1 amide bonds. The second-order valence-electron chi connectivity index (χ2n) is 8.38. The van der Waals surface area contributed by atoms with Crippen molar-refractivity contribution in [1.29, 1.82) is 0 Å². The fourth-order valence-corrected chi connectivity index (χ4v) is 3.68. The Hall–Kier alpha value is -4.58. The molecule has 0 bridgehead atoms. The lowest BCUT2D eigenvalue weighted by molar-refractivity contribution is -0.127. The first-order valence-corrected chi connectivity index (χ1v) is 12.1. The Kier molecular flexibility index (Phi) is 8.92. The van der Waals surface area contributed by atoms with Crippen LogP contribution < -0.4 is 19.6 Å². The molecule has 0 radical (unpaired) electrons. The molecule has 0 aliphatic heterocycles. The van der Waals surface area contributed by atoms with Crippen LogP contribution >= 0.6 is 0 Å². The Morgan fingerprint density at radius 2 is 1.54 bits per heavy atom. The third kappa shape index (κ3) is 7.45. The van der Waals surface area contributed by atoms with Gasteiger partial charge in [-0.25, -0.2) is 5.43 Å². The van der Waals surface area contributed by atoms with Crippen molar-refractivity contribution in [3.8, 4) is 28.4 Å². The standard InChI is InChI=1S/C31H30N2O4/c1-23(37-28-16-14-27(15-17-28)26-11-7-4-8-12-26)31(34)33-32-22-25-13-18-29(30(21-25)35-2)36-20-19-24-9-5-3-6-10-24/h3-18,21-23H,19-20H2,1-2H3,(H,33,34)/b32-22+. The van der Waals surface area contributed by atoms with Crippen molar-refractivity contribution in [1.82, 2.24) is 5.43 Å². The molecule has 6 nitrogen and oxygen atoms in total. The summed E-state index contributed by atoms with van der Waals surface area (Å²) in [6.45, 7) is 2.22. The lowest BCUT2D eigenvalue weighted by Crippen LogP contribution is -2.33. The number of amides is 1. The van der Waals surface area contributed by atoms with Crippen LogP contribution in [-0.2, 0) is 11.2 Å². The zero-order valence-electron chi connectivity index (χ0n) is 21.0. The van der Waals surface area contributed by atoms with Crippen LogP contribution in [0.3, 0.4) is 0 Å². The molecule has 0 heterocycles. The average molecular weight is 495 g/mol. The summed E-state index contributed by atoms with van der Waals surface area (Å²) in [5.74, 6) is 1.51. The Morgan fingerprint density at radius 1 is 0.865 bits per heavy atom. The van der Waals surface area contributed by atoms with E-state index in [9.17, 15) is 4.79 Å². The SMILES string of the molecule is COc1cc(/C=N/NC(=O)C(C)Oc2ccc(-c3ccccc3)cc2)ccc1OCCc1ccccc1. The molecular formula is C31H30N2O4. The number of benzene rings is 4. The first-order valence-electron chi connectivity index (χ1n) is 12.1. The quantitative estimate of drug-likeness (QED) is 0.208. The molecule has 1 unspecified atom stereocenters. The van der Waals surface area contributed by atoms with Gasteiger partial charge in [-0.2, -0.15) is 5.10 Å². The molecule has 0 aliphatic carbocycles. The number of carbonyl (C=O) groups excluding carboxylic acids is 1. The Morgan fingerprint density at radius 3 is 2.24 bits per heavy atom. The van der Waals surface area contributed by atoms with E-state index < -0.39 is 6.10 Å². The minimum atomic E-state index is -0.713. The third-order valence-electron chi connectivity index (χ3n) is 5.71. The number of rotatable bonds is 11. The molecule has 1 atom stereocenters. The monoisotopic (exact) mass is 494 g/mol. The van der Waals surface area contributed by atoms with E-state index in [1.54, 1.807) is 20.2 Å². The summed E-state index contributed by atoms with van der Waals surface area (Å²) in [7, 11) is 1.59. The van der Waals surface area contributed by atoms with Crippen molar-refractivity contribution in [2.45, 2.75) is 19.4 Å². The predicted molar refractivity (Wildman–Crippen MR) is 146 cm³/mol. The first-order chi connectivity index (χ1) is 18.1. The fourth-order valence-electron chi connectivity index (χ4n) is 3.68. The molecule has 188 valence electrons. The van der Waals surface area contributed by atoms with Crippen molar-refractivity contribution in [3.05, 3.63) is 114 Å². The minimum absolute atomic E-state index is 0.351. The van der Waals surface area contributed by atoms with E-state index in [4.69, 9.17) is 14.2 Å². The topological polar surface area (TPSA) is 69.2 Å². The number of ether oxygens (including phenoxy) is 3. The number of nitrogens with one attached hydrogen (secondary N) is 1. The highest BCUT2D eigenvalue weighted by Gasteiger charge is 2.14. The van der Waals surface area contributed by atoms with Crippen LogP contribution in [0.5, 0.6) is 17.2 Å². The molecular weight excluding hydrogens is 464 g/mol. The van der Waals surface area contributed by atoms with Crippen molar-refractivity contribution in [2.75, 3.05) is 13.7 Å². The molecule has 0 spiro atoms. The van der Waals surface area contributed by atoms with Crippen LogP contribution in [0.4, 0.5) is 0 Å². The molecule has 37 heavy (non-hydrogen) atoms. The van der Waals surface area contributed by atoms with Crippen LogP contribution in [0.15, 0.2) is 108 Å². The second-order valence-corrected chi connectivity index (χ2v) is 8.38. The second kappa shape index (κ2) is 12.9. The Bertz CT molecular complexity index is 1310. The summed E-state index contributed by atoms with van der Waals surface area (Å²) in [5, 5.41) is 4.06. The van der Waals surface area contributed by atoms with Gasteiger partial charge in [0.25, 0.3) is 5.91 Å². The van der Waals surface area contributed by atoms with Gasteiger partial charge in [-0.1, -0.05) is 72.8 Å². The Balaban J connectivity index is 1.27. The minimum Gasteiger partial charge on any atom is -0.493 e. The van der Waals surface area contributed by atoms with Gasteiger partial charge in [-0.15, -0.1) is 0 Å². The maximum Gasteiger partial charge on any atom is 0.280 e. The Labute approximate surface area is 217 Å². The summed E-state index contributed by atoms with van der Waals surface area (Å²) in [5.41, 5.74) is 6.70. The summed E-state index contributed by atoms with van der Waals surface area (Å²) in [6, 6.07) is 33.4. The summed E-state index contributed by atoms with van der Waals surface area (Å²) in [4.78, 5) is 12.4. The number of carbonyl (C=O) groups is 1. The van der Waals surface area contributed by atoms with Crippen molar-refractivity contribution in [3.63, 3.8) is 0 Å². The lowest BCUT2D eigenvalue weighted by atomic mass is 10.1. The van der Waals surface area contributed by atoms with E-state index in [0.29, 0.717) is 23.9 Å². The molecule has 0 aromatic heterocycles. The molecule has 1 N–H and O–H groups in total. The van der Waals surface area contributed by atoms with Crippen molar-refractivity contribution >= 4 is 12.1 Å². The number of hydrogen-bond acceptors (Lipinski definition) is 5. The third-order valence-corrected chi connectivity index (χ3v) is 5.71. The number of hydrogen-bond donors (Lipinski definition) is 1. The first kappa shape index (κ1) is 25.5. The van der Waals surface area contributed by atoms with Gasteiger partial charge in [0, 0.05) is 6.42 Å². The van der Waals surface area contributed by atoms with Gasteiger partial charge in [0.2, 0.25) is 0 Å². The smallest absolute Gasteiger partial charge is 0.280 e. The van der Waals surface area contributed by atoms with Gasteiger partial charge in [0.05, 0.1) is 19.9 Å². The van der Waals surface area contributed by atoms with Crippen molar-refractivity contribution < 1.29 is 19.0 Å². The van der Waals surface area contributed by atoms with E-state index in [0.717, 1.165) is 23.1 Å². The molecule has 0 saturated carbocycles. The summed E-state index contributed by atoms with van der Waals surface area (Å²) < 4.78 is 17.1. The van der Waals surface area contributed by atoms with E-state index >= 15 is 0 Å². The molecule has 6 heteroatoms. The normalized spacial score (nSPS) is 11.6. The molecule has 4 aromatic rings. The highest BCUT2D eigenvalue weighted by molar-refractivity contribution is 5.85. The molecule has 0 aliphatic rings. The van der Waals surface area contributed by atoms with Gasteiger partial charge < -0.3 is 14.2 Å². The lowest BCUT2D eigenvalue weighted by Gasteiger charge is -2.13. The molecule has 4 rings (SSSR count). The van der Waals surface area contributed by atoms with Gasteiger partial charge >= 0.3 is 0 Å². The van der Waals surface area contributed by atoms with Crippen LogP contribution in [0, 0.1) is 0 Å². The molecule has 0 fully saturated rings. The largest absolute Gasteiger partial charge is 0.493 e. The summed E-state index contributed by atoms with van der Waals surface area (Å²) in [6.07, 6.45) is 1.64. The maximum atomic E-state index is 12.4. The highest BCUT2D eigenvalue weighted by atomic mass is 16.5. The fraction of sp³-hybridized carbons (Fsp3) is 0.161. The molecule has 0 saturated heterocycles. The zero-order valence-corrected chi connectivity index (χ0v) is 21.0. The number of methoxy groups -OCH3 is 1. The van der Waals surface area contributed by atoms with Crippen LogP contribution in [0.1, 0.15) is 18.1 Å². The zero-order chi connectivity index (χ0) is 25.9. The predicted octanol–water partition coefficient (Wildman–Crippen LogP) is 5.90. The number of hydrazone groups is 1. The van der Waals surface area contributed by atoms with E-state index in [2.05, 4.69) is 22.7 Å². The number of nitrogens with zero attached hydrogens (tertiary/aromatic N) is 1. The van der Waals surface area contributed by atoms with Gasteiger partial charge in [-0.05, 0) is 59.5 Å². The van der Waals surface area contributed by atoms with Crippen LogP contribution in [0.2, 0.25) is 0 Å². The van der Waals surface area contributed by atoms with Crippen LogP contribution in [-0.4, -0.2) is 31.9 Å². The van der Waals surface area contributed by atoms with Gasteiger partial charge in [0.1, 0.15) is 5.75 Å².